The molecule has 2 aliphatic rings. The quantitative estimate of drug-likeness (QED) is 0.117. The van der Waals surface area contributed by atoms with Crippen molar-refractivity contribution in [3.63, 3.8) is 0 Å². The van der Waals surface area contributed by atoms with E-state index < -0.39 is 67.8 Å². The summed E-state index contributed by atoms with van der Waals surface area (Å²) in [6.07, 6.45) is -0.743. The molecule has 3 unspecified atom stereocenters. The van der Waals surface area contributed by atoms with Crippen molar-refractivity contribution in [2.75, 3.05) is 32.7 Å². The van der Waals surface area contributed by atoms with Crippen LogP contribution in [-0.4, -0.2) is 104 Å². The van der Waals surface area contributed by atoms with Gasteiger partial charge in [0.25, 0.3) is 0 Å². The Balaban J connectivity index is 1.59. The molecule has 18 heteroatoms. The molecular weight excluding hydrogens is 637 g/mol. The number of nitrogens with one attached hydrogen (secondary N) is 2. The summed E-state index contributed by atoms with van der Waals surface area (Å²) in [6.45, 7) is 12.2. The van der Waals surface area contributed by atoms with E-state index in [-0.39, 0.29) is 55.4 Å². The zero-order valence-electron chi connectivity index (χ0n) is 28.1. The Morgan fingerprint density at radius 2 is 1.64 bits per heavy atom. The van der Waals surface area contributed by atoms with Crippen LogP contribution in [0.1, 0.15) is 67.3 Å². The van der Waals surface area contributed by atoms with Gasteiger partial charge in [-0.25, -0.2) is 15.2 Å². The Morgan fingerprint density at radius 1 is 1.09 bits per heavy atom. The van der Waals surface area contributed by atoms with Gasteiger partial charge in [0.05, 0.1) is 33.3 Å². The van der Waals surface area contributed by atoms with E-state index in [0.717, 1.165) is 0 Å². The molecular formula is C29H48N7O10P. The van der Waals surface area contributed by atoms with Gasteiger partial charge < -0.3 is 44.0 Å². The third kappa shape index (κ3) is 7.26. The second-order valence-electron chi connectivity index (χ2n) is 12.8. The number of imidazole rings is 1. The molecule has 2 aromatic heterocycles. The first kappa shape index (κ1) is 36.9. The maximum atomic E-state index is 14.5. The summed E-state index contributed by atoms with van der Waals surface area (Å²) in [5, 5.41) is 28.7. The lowest BCUT2D eigenvalue weighted by atomic mass is 10.1. The highest BCUT2D eigenvalue weighted by Crippen LogP contribution is 2.68. The van der Waals surface area contributed by atoms with Crippen molar-refractivity contribution in [1.29, 1.82) is 0 Å². The molecule has 0 spiro atoms. The Hall–Kier alpha value is -2.92. The maximum Gasteiger partial charge on any atom is 0.342 e. The minimum atomic E-state index is -4.27. The van der Waals surface area contributed by atoms with Gasteiger partial charge in [0.2, 0.25) is 11.8 Å². The Kier molecular flexibility index (Phi) is 11.2. The molecule has 17 nitrogen and oxygen atoms in total. The number of rotatable bonds is 17. The number of nitrogens with two attached hydrogens (primary N) is 1. The van der Waals surface area contributed by atoms with Gasteiger partial charge in [-0.2, -0.15) is 9.97 Å². The van der Waals surface area contributed by atoms with Crippen LogP contribution in [0.25, 0.3) is 11.2 Å². The highest BCUT2D eigenvalue weighted by molar-refractivity contribution is 7.54. The number of anilines is 1. The van der Waals surface area contributed by atoms with Crippen LogP contribution in [0.15, 0.2) is 6.33 Å². The van der Waals surface area contributed by atoms with Crippen molar-refractivity contribution in [1.82, 2.24) is 29.7 Å². The Labute approximate surface area is 273 Å². The third-order valence-corrected chi connectivity index (χ3v) is 10.2. The first-order valence-corrected chi connectivity index (χ1v) is 17.4. The number of carbonyl (C=O) groups excluding carboxylic acids is 2. The number of methoxy groups -OCH3 is 1. The minimum Gasteiger partial charge on any atom is -0.479 e. The molecule has 1 aliphatic heterocycles. The first-order chi connectivity index (χ1) is 22.0. The average molecular weight is 686 g/mol. The topological polar surface area (TPSA) is 232 Å². The molecule has 47 heavy (non-hydrogen) atoms. The van der Waals surface area contributed by atoms with Gasteiger partial charge in [-0.05, 0) is 45.4 Å². The molecule has 264 valence electrons. The smallest absolute Gasteiger partial charge is 0.342 e. The zero-order chi connectivity index (χ0) is 34.9. The SMILES string of the molecule is CCOC(=O)[C@H](CC(C)C)NP(=O)(N[C@@H](CC(C)C)C(=O)OCC)OC[C@H]1OC2(C)[C@@H](n3cnc4c(OC)nc(N)nc43)C2(O)C1O. The number of aliphatic hydroxyl groups is 2. The van der Waals surface area contributed by atoms with E-state index in [1.807, 2.05) is 27.7 Å². The van der Waals surface area contributed by atoms with Gasteiger partial charge in [-0.1, -0.05) is 27.7 Å². The number of hydrogen-bond acceptors (Lipinski definition) is 14. The van der Waals surface area contributed by atoms with Crippen molar-refractivity contribution < 1.29 is 47.8 Å². The molecule has 0 amide bonds. The van der Waals surface area contributed by atoms with E-state index in [2.05, 4.69) is 25.1 Å². The van der Waals surface area contributed by atoms with Crippen LogP contribution in [0, 0.1) is 11.8 Å². The van der Waals surface area contributed by atoms with E-state index in [1.54, 1.807) is 20.8 Å². The number of fused-ring (bicyclic) bond motifs is 2. The second kappa shape index (κ2) is 14.3. The molecule has 1 saturated carbocycles. The zero-order valence-corrected chi connectivity index (χ0v) is 29.0. The van der Waals surface area contributed by atoms with Crippen LogP contribution in [0.5, 0.6) is 5.88 Å². The van der Waals surface area contributed by atoms with E-state index in [4.69, 9.17) is 29.2 Å². The van der Waals surface area contributed by atoms with Gasteiger partial charge in [0, 0.05) is 0 Å². The van der Waals surface area contributed by atoms with Crippen molar-refractivity contribution in [3.8, 4) is 5.88 Å². The average Bonchev–Trinajstić information content (AvgIpc) is 3.19. The number of carbonyl (C=O) groups is 2. The summed E-state index contributed by atoms with van der Waals surface area (Å²) in [5.74, 6) is -1.20. The summed E-state index contributed by atoms with van der Waals surface area (Å²) in [6, 6.07) is -2.93. The fourth-order valence-electron chi connectivity index (χ4n) is 6.23. The lowest BCUT2D eigenvalue weighted by Gasteiger charge is -2.31. The molecule has 0 bridgehead atoms. The van der Waals surface area contributed by atoms with E-state index in [9.17, 15) is 24.4 Å². The standard InChI is InChI=1S/C29H48N7O10P/c1-9-43-24(38)17(11-15(3)4)34-47(41,35-18(12-16(5)6)25(39)44-10-2)45-13-19-21(37)29(40)26(28(29,7)46-19)36-14-31-20-22(36)32-27(30)33-23(20)42-8/h14-19,21,26,37,40H,9-13H2,1-8H3,(H2,30,32,33)(H2,34,35,41)/t17-,18-,19+,21?,26+,28?,29?/m0/s1. The van der Waals surface area contributed by atoms with Crippen LogP contribution >= 0.6 is 7.67 Å². The molecule has 7 atom stereocenters. The maximum absolute atomic E-state index is 14.5. The number of hydrogen-bond donors (Lipinski definition) is 5. The van der Waals surface area contributed by atoms with Crippen LogP contribution in [-0.2, 0) is 32.9 Å². The van der Waals surface area contributed by atoms with Crippen LogP contribution in [0.4, 0.5) is 5.95 Å². The summed E-state index contributed by atoms with van der Waals surface area (Å²) < 4.78 is 43.8. The first-order valence-electron chi connectivity index (χ1n) is 15.8. The van der Waals surface area contributed by atoms with Gasteiger partial charge >= 0.3 is 19.6 Å². The fraction of sp³-hybridized carbons (Fsp3) is 0.759. The Bertz CT molecular complexity index is 1450. The number of nitrogen functional groups attached to an aromatic ring is 1. The van der Waals surface area contributed by atoms with Crippen LogP contribution in [0.3, 0.4) is 0 Å². The van der Waals surface area contributed by atoms with Crippen molar-refractivity contribution in [2.24, 2.45) is 11.8 Å². The molecule has 2 fully saturated rings. The largest absolute Gasteiger partial charge is 0.479 e. The highest BCUT2D eigenvalue weighted by Gasteiger charge is 2.85. The summed E-state index contributed by atoms with van der Waals surface area (Å²) in [4.78, 5) is 38.4. The van der Waals surface area contributed by atoms with Crippen molar-refractivity contribution >= 4 is 36.7 Å². The lowest BCUT2D eigenvalue weighted by molar-refractivity contribution is -0.146. The number of aliphatic hydroxyl groups excluding tert-OH is 1. The van der Waals surface area contributed by atoms with Gasteiger partial charge in [0.15, 0.2) is 11.2 Å². The summed E-state index contributed by atoms with van der Waals surface area (Å²) in [5.41, 5.74) is 3.29. The normalized spacial score (nSPS) is 26.8. The molecule has 1 saturated heterocycles. The van der Waals surface area contributed by atoms with Gasteiger partial charge in [-0.15, -0.1) is 0 Å². The second-order valence-corrected chi connectivity index (χ2v) is 14.7. The minimum absolute atomic E-state index is 0.0000461. The molecule has 1 aliphatic carbocycles. The molecule has 0 aromatic carbocycles. The molecule has 4 rings (SSSR count). The highest BCUT2D eigenvalue weighted by atomic mass is 31.2. The predicted octanol–water partition coefficient (Wildman–Crippen LogP) is 1.48. The summed E-state index contributed by atoms with van der Waals surface area (Å²) in [7, 11) is -2.86. The monoisotopic (exact) mass is 685 g/mol. The predicted molar refractivity (Wildman–Crippen MR) is 169 cm³/mol. The van der Waals surface area contributed by atoms with Crippen LogP contribution in [0.2, 0.25) is 0 Å². The third-order valence-electron chi connectivity index (χ3n) is 8.36. The Morgan fingerprint density at radius 3 is 2.09 bits per heavy atom. The number of nitrogens with zero attached hydrogens (tertiary/aromatic N) is 4. The van der Waals surface area contributed by atoms with Crippen molar-refractivity contribution in [3.05, 3.63) is 6.33 Å². The molecule has 3 heterocycles. The van der Waals surface area contributed by atoms with E-state index in [1.165, 1.54) is 18.0 Å². The van der Waals surface area contributed by atoms with Crippen LogP contribution < -0.4 is 20.6 Å². The van der Waals surface area contributed by atoms with E-state index in [0.29, 0.717) is 5.52 Å². The molecule has 2 aromatic rings. The lowest BCUT2D eigenvalue weighted by Crippen LogP contribution is -2.46. The van der Waals surface area contributed by atoms with Gasteiger partial charge in [-0.3, -0.25) is 14.2 Å². The van der Waals surface area contributed by atoms with Crippen molar-refractivity contribution in [2.45, 2.75) is 103 Å². The number of esters is 2. The molecule has 0 radical (unpaired) electrons. The van der Waals surface area contributed by atoms with Gasteiger partial charge in [0.1, 0.15) is 41.5 Å². The fourth-order valence-corrected chi connectivity index (χ4v) is 8.05. The summed E-state index contributed by atoms with van der Waals surface area (Å²) >= 11 is 0. The number of aromatic nitrogens is 4. The molecule has 6 N–H and O–H groups in total. The van der Waals surface area contributed by atoms with E-state index >= 15 is 0 Å². The number of ether oxygens (including phenoxy) is 4.